The minimum absolute atomic E-state index is 0.169. The van der Waals surface area contributed by atoms with Crippen LogP contribution in [0.25, 0.3) is 0 Å². The number of nitrogens with zero attached hydrogens (tertiary/aromatic N) is 3. The third-order valence-corrected chi connectivity index (χ3v) is 7.21. The minimum atomic E-state index is 0.169. The zero-order chi connectivity index (χ0) is 19.1. The van der Waals surface area contributed by atoms with Crippen molar-refractivity contribution in [1.29, 1.82) is 0 Å². The number of likely N-dealkylation sites (tertiary alicyclic amines) is 2. The molecular formula is C22H29N3OS. The van der Waals surface area contributed by atoms with E-state index in [-0.39, 0.29) is 11.9 Å². The molecular weight excluding hydrogens is 354 g/mol. The van der Waals surface area contributed by atoms with Crippen molar-refractivity contribution in [3.05, 3.63) is 51.0 Å². The monoisotopic (exact) mass is 383 g/mol. The molecule has 0 saturated carbocycles. The van der Waals surface area contributed by atoms with Crippen LogP contribution in [0.5, 0.6) is 0 Å². The molecule has 2 aliphatic rings. The maximum Gasteiger partial charge on any atom is 0.266 e. The van der Waals surface area contributed by atoms with Crippen molar-refractivity contribution in [2.24, 2.45) is 11.8 Å². The Kier molecular flexibility index (Phi) is 5.08. The van der Waals surface area contributed by atoms with E-state index >= 15 is 0 Å². The topological polar surface area (TPSA) is 36.4 Å². The quantitative estimate of drug-likeness (QED) is 0.793. The first-order valence-corrected chi connectivity index (χ1v) is 10.8. The van der Waals surface area contributed by atoms with Crippen LogP contribution in [0.15, 0.2) is 24.3 Å². The van der Waals surface area contributed by atoms with Crippen LogP contribution in [0.4, 0.5) is 0 Å². The molecule has 2 aromatic rings. The first kappa shape index (κ1) is 18.6. The average molecular weight is 384 g/mol. The Hall–Kier alpha value is -1.72. The number of amides is 1. The van der Waals surface area contributed by atoms with Crippen LogP contribution in [0.2, 0.25) is 0 Å². The fraction of sp³-hybridized carbons (Fsp3) is 0.545. The van der Waals surface area contributed by atoms with Gasteiger partial charge in [-0.3, -0.25) is 4.79 Å². The normalized spacial score (nSPS) is 25.2. The molecule has 2 saturated heterocycles. The Bertz CT molecular complexity index is 846. The summed E-state index contributed by atoms with van der Waals surface area (Å²) in [6.07, 6.45) is 1.19. The van der Waals surface area contributed by atoms with E-state index in [1.54, 1.807) is 0 Å². The fourth-order valence-corrected chi connectivity index (χ4v) is 5.90. The van der Waals surface area contributed by atoms with Gasteiger partial charge < -0.3 is 9.80 Å². The molecule has 2 fully saturated rings. The predicted molar refractivity (Wildman–Crippen MR) is 110 cm³/mol. The van der Waals surface area contributed by atoms with Crippen molar-refractivity contribution in [3.63, 3.8) is 0 Å². The lowest BCUT2D eigenvalue weighted by molar-refractivity contribution is 0.0704. The van der Waals surface area contributed by atoms with Crippen molar-refractivity contribution >= 4 is 17.2 Å². The smallest absolute Gasteiger partial charge is 0.266 e. The largest absolute Gasteiger partial charge is 0.330 e. The summed E-state index contributed by atoms with van der Waals surface area (Å²) in [5.41, 5.74) is 3.47. The van der Waals surface area contributed by atoms with Gasteiger partial charge in [-0.1, -0.05) is 31.2 Å². The summed E-state index contributed by atoms with van der Waals surface area (Å²) in [5, 5.41) is 0.969. The highest BCUT2D eigenvalue weighted by atomic mass is 32.1. The van der Waals surface area contributed by atoms with Gasteiger partial charge in [-0.05, 0) is 50.8 Å². The van der Waals surface area contributed by atoms with Gasteiger partial charge in [-0.15, -0.1) is 11.3 Å². The highest BCUT2D eigenvalue weighted by Gasteiger charge is 2.49. The second-order valence-corrected chi connectivity index (χ2v) is 9.29. The van der Waals surface area contributed by atoms with Crippen LogP contribution >= 0.6 is 11.3 Å². The molecule has 5 heteroatoms. The number of hydrogen-bond donors (Lipinski definition) is 0. The lowest BCUT2D eigenvalue weighted by Gasteiger charge is -2.30. The van der Waals surface area contributed by atoms with E-state index in [0.29, 0.717) is 11.8 Å². The molecule has 144 valence electrons. The van der Waals surface area contributed by atoms with Gasteiger partial charge in [0.2, 0.25) is 0 Å². The van der Waals surface area contributed by atoms with Gasteiger partial charge >= 0.3 is 0 Å². The summed E-state index contributed by atoms with van der Waals surface area (Å²) >= 11 is 1.53. The van der Waals surface area contributed by atoms with E-state index < -0.39 is 0 Å². The summed E-state index contributed by atoms with van der Waals surface area (Å²) < 4.78 is 0. The number of carbonyl (C=O) groups excluding carboxylic acids is 1. The molecule has 0 aliphatic carbocycles. The van der Waals surface area contributed by atoms with Crippen molar-refractivity contribution in [3.8, 4) is 0 Å². The molecule has 1 amide bonds. The second kappa shape index (κ2) is 7.36. The van der Waals surface area contributed by atoms with E-state index in [4.69, 9.17) is 0 Å². The summed E-state index contributed by atoms with van der Waals surface area (Å²) in [7, 11) is 0. The molecule has 4 nitrogen and oxygen atoms in total. The Balaban J connectivity index is 1.70. The molecule has 4 rings (SSSR count). The maximum atomic E-state index is 13.5. The van der Waals surface area contributed by atoms with E-state index in [9.17, 15) is 4.79 Å². The first-order chi connectivity index (χ1) is 13.0. The fourth-order valence-electron chi connectivity index (χ4n) is 5.02. The van der Waals surface area contributed by atoms with Crippen molar-refractivity contribution in [2.45, 2.75) is 40.2 Å². The minimum Gasteiger partial charge on any atom is -0.330 e. The second-order valence-electron chi connectivity index (χ2n) is 8.09. The average Bonchev–Trinajstić information content (AvgIpc) is 3.27. The highest BCUT2D eigenvalue weighted by Crippen LogP contribution is 2.46. The summed E-state index contributed by atoms with van der Waals surface area (Å²) in [4.78, 5) is 23.5. The molecule has 2 aliphatic heterocycles. The van der Waals surface area contributed by atoms with Gasteiger partial charge in [0.25, 0.3) is 5.91 Å². The van der Waals surface area contributed by atoms with E-state index in [2.05, 4.69) is 52.9 Å². The Morgan fingerprint density at radius 3 is 2.63 bits per heavy atom. The summed E-state index contributed by atoms with van der Waals surface area (Å²) in [6.45, 7) is 12.6. The predicted octanol–water partition coefficient (Wildman–Crippen LogP) is 4.22. The molecule has 0 spiro atoms. The number of carbonyl (C=O) groups is 1. The number of aryl methyl sites for hydroxylation is 3. The lowest BCUT2D eigenvalue weighted by Crippen LogP contribution is -2.36. The molecule has 0 radical (unpaired) electrons. The molecule has 3 heterocycles. The lowest BCUT2D eigenvalue weighted by atomic mass is 9.87. The van der Waals surface area contributed by atoms with Gasteiger partial charge in [0.1, 0.15) is 4.88 Å². The van der Waals surface area contributed by atoms with E-state index in [0.717, 1.165) is 41.8 Å². The highest BCUT2D eigenvalue weighted by molar-refractivity contribution is 7.13. The van der Waals surface area contributed by atoms with Crippen LogP contribution < -0.4 is 0 Å². The number of hydrogen-bond acceptors (Lipinski definition) is 4. The zero-order valence-electron chi connectivity index (χ0n) is 16.7. The van der Waals surface area contributed by atoms with Gasteiger partial charge in [0.05, 0.1) is 16.7 Å². The standard InChI is InChI=1S/C22H29N3OS/c1-5-10-24-11-17-12-25(22(26)21-15(3)23-16(4)27-21)20(19(17)13-24)18-9-7-6-8-14(18)2/h6-9,17,19-20H,5,10-13H2,1-4H3/t17-,19-,20+/m0/s1. The summed E-state index contributed by atoms with van der Waals surface area (Å²) in [5.74, 6) is 1.26. The summed E-state index contributed by atoms with van der Waals surface area (Å²) in [6, 6.07) is 8.76. The number of aromatic nitrogens is 1. The van der Waals surface area contributed by atoms with Crippen LogP contribution in [-0.4, -0.2) is 46.9 Å². The van der Waals surface area contributed by atoms with Gasteiger partial charge in [0.15, 0.2) is 0 Å². The van der Waals surface area contributed by atoms with E-state index in [1.165, 1.54) is 28.9 Å². The van der Waals surface area contributed by atoms with Crippen LogP contribution in [0.3, 0.4) is 0 Å². The SMILES string of the molecule is CCCN1C[C@H]2CN(C(=O)c3sc(C)nc3C)[C@H](c3ccccc3C)[C@H]2C1. The number of rotatable bonds is 4. The molecule has 0 bridgehead atoms. The van der Waals surface area contributed by atoms with Crippen molar-refractivity contribution in [1.82, 2.24) is 14.8 Å². The van der Waals surface area contributed by atoms with Crippen LogP contribution in [0.1, 0.15) is 50.9 Å². The van der Waals surface area contributed by atoms with Crippen LogP contribution in [0, 0.1) is 32.6 Å². The molecule has 1 aromatic carbocycles. The third kappa shape index (κ3) is 3.32. The molecule has 0 N–H and O–H groups in total. The van der Waals surface area contributed by atoms with Gasteiger partial charge in [0, 0.05) is 25.6 Å². The molecule has 3 atom stereocenters. The molecule has 0 unspecified atom stereocenters. The van der Waals surface area contributed by atoms with Gasteiger partial charge in [-0.25, -0.2) is 4.98 Å². The molecule has 27 heavy (non-hydrogen) atoms. The number of fused-ring (bicyclic) bond motifs is 1. The first-order valence-electron chi connectivity index (χ1n) is 10.0. The van der Waals surface area contributed by atoms with Crippen molar-refractivity contribution < 1.29 is 4.79 Å². The molecule has 1 aromatic heterocycles. The Morgan fingerprint density at radius 1 is 1.19 bits per heavy atom. The maximum absolute atomic E-state index is 13.5. The Morgan fingerprint density at radius 2 is 1.96 bits per heavy atom. The number of thiazole rings is 1. The number of benzene rings is 1. The Labute approximate surface area is 166 Å². The third-order valence-electron chi connectivity index (χ3n) is 6.15. The van der Waals surface area contributed by atoms with Gasteiger partial charge in [-0.2, -0.15) is 0 Å². The van der Waals surface area contributed by atoms with E-state index in [1.807, 2.05) is 13.8 Å². The van der Waals surface area contributed by atoms with Crippen molar-refractivity contribution in [2.75, 3.05) is 26.2 Å². The zero-order valence-corrected chi connectivity index (χ0v) is 17.6. The van der Waals surface area contributed by atoms with Crippen LogP contribution in [-0.2, 0) is 0 Å².